The molecule has 1 saturated heterocycles. The van der Waals surface area contributed by atoms with E-state index in [1.54, 1.807) is 0 Å². The zero-order valence-electron chi connectivity index (χ0n) is 13.1. The molecule has 0 spiro atoms. The van der Waals surface area contributed by atoms with Crippen molar-refractivity contribution < 1.29 is 9.53 Å². The van der Waals surface area contributed by atoms with E-state index in [1.807, 2.05) is 6.07 Å². The van der Waals surface area contributed by atoms with Crippen molar-refractivity contribution in [2.75, 3.05) is 6.54 Å². The second-order valence-corrected chi connectivity index (χ2v) is 5.97. The molecule has 3 rings (SSSR count). The predicted octanol–water partition coefficient (Wildman–Crippen LogP) is 3.11. The molecule has 0 unspecified atom stereocenters. The molecule has 2 aromatic rings. The van der Waals surface area contributed by atoms with Crippen molar-refractivity contribution in [3.8, 4) is 11.1 Å². The van der Waals surface area contributed by atoms with Crippen molar-refractivity contribution in [2.45, 2.75) is 31.5 Å². The molecule has 1 fully saturated rings. The summed E-state index contributed by atoms with van der Waals surface area (Å²) in [6, 6.07) is 18.5. The molecule has 4 heteroatoms. The number of ether oxygens (including phenoxy) is 1. The summed E-state index contributed by atoms with van der Waals surface area (Å²) in [4.78, 5) is 10.7. The van der Waals surface area contributed by atoms with Gasteiger partial charge in [-0.1, -0.05) is 54.6 Å². The number of benzene rings is 2. The summed E-state index contributed by atoms with van der Waals surface area (Å²) in [5.41, 5.74) is 8.82. The van der Waals surface area contributed by atoms with Crippen LogP contribution in [0.4, 0.5) is 4.79 Å². The molecule has 2 atom stereocenters. The third kappa shape index (κ3) is 4.33. The highest BCUT2D eigenvalue weighted by atomic mass is 16.5. The Morgan fingerprint density at radius 3 is 2.35 bits per heavy atom. The number of nitrogens with one attached hydrogen (secondary N) is 1. The molecule has 2 aromatic carbocycles. The van der Waals surface area contributed by atoms with Crippen LogP contribution >= 0.6 is 0 Å². The number of rotatable bonds is 5. The second kappa shape index (κ2) is 7.29. The molecule has 1 heterocycles. The molecule has 4 nitrogen and oxygen atoms in total. The van der Waals surface area contributed by atoms with Gasteiger partial charge in [0, 0.05) is 6.54 Å². The number of amides is 2. The van der Waals surface area contributed by atoms with Crippen molar-refractivity contribution in [1.82, 2.24) is 5.32 Å². The Kier molecular flexibility index (Phi) is 4.93. The number of carbonyl (C=O) groups excluding carboxylic acids is 1. The lowest BCUT2D eigenvalue weighted by Gasteiger charge is -2.14. The first-order chi connectivity index (χ1) is 11.2. The van der Waals surface area contributed by atoms with Crippen molar-refractivity contribution >= 4 is 6.03 Å². The van der Waals surface area contributed by atoms with Gasteiger partial charge in [0.25, 0.3) is 0 Å². The van der Waals surface area contributed by atoms with E-state index in [2.05, 4.69) is 53.8 Å². The summed E-state index contributed by atoms with van der Waals surface area (Å²) in [6.45, 7) is 0.499. The van der Waals surface area contributed by atoms with Crippen LogP contribution in [0.2, 0.25) is 0 Å². The molecule has 1 aliphatic rings. The van der Waals surface area contributed by atoms with Crippen LogP contribution in [0.5, 0.6) is 0 Å². The van der Waals surface area contributed by atoms with Gasteiger partial charge in [-0.25, -0.2) is 4.79 Å². The fraction of sp³-hybridized carbons (Fsp3) is 0.316. The Balaban J connectivity index is 1.54. The minimum absolute atomic E-state index is 0.0797. The van der Waals surface area contributed by atoms with Crippen LogP contribution in [-0.4, -0.2) is 24.8 Å². The lowest BCUT2D eigenvalue weighted by molar-refractivity contribution is 0.0474. The molecule has 3 N–H and O–H groups in total. The van der Waals surface area contributed by atoms with Crippen LogP contribution in [-0.2, 0) is 11.2 Å². The van der Waals surface area contributed by atoms with Gasteiger partial charge in [0.1, 0.15) is 0 Å². The van der Waals surface area contributed by atoms with Gasteiger partial charge in [0.15, 0.2) is 0 Å². The fourth-order valence-corrected chi connectivity index (χ4v) is 3.02. The minimum atomic E-state index is -0.492. The van der Waals surface area contributed by atoms with E-state index in [-0.39, 0.29) is 12.2 Å². The Morgan fingerprint density at radius 2 is 1.65 bits per heavy atom. The highest BCUT2D eigenvalue weighted by molar-refractivity contribution is 5.71. The summed E-state index contributed by atoms with van der Waals surface area (Å²) >= 11 is 0. The van der Waals surface area contributed by atoms with E-state index in [4.69, 9.17) is 10.5 Å². The quantitative estimate of drug-likeness (QED) is 0.891. The van der Waals surface area contributed by atoms with Gasteiger partial charge in [-0.2, -0.15) is 0 Å². The van der Waals surface area contributed by atoms with Gasteiger partial charge in [-0.3, -0.25) is 0 Å². The predicted molar refractivity (Wildman–Crippen MR) is 91.1 cm³/mol. The Hall–Kier alpha value is -2.33. The first-order valence-electron chi connectivity index (χ1n) is 8.04. The Bertz CT molecular complexity index is 640. The van der Waals surface area contributed by atoms with Crippen molar-refractivity contribution in [1.29, 1.82) is 0 Å². The molecule has 23 heavy (non-hydrogen) atoms. The summed E-state index contributed by atoms with van der Waals surface area (Å²) < 4.78 is 5.96. The number of nitrogens with two attached hydrogens (primary N) is 1. The third-order valence-corrected chi connectivity index (χ3v) is 4.22. The van der Waals surface area contributed by atoms with E-state index in [0.29, 0.717) is 6.54 Å². The minimum Gasteiger partial charge on any atom is -0.373 e. The Labute approximate surface area is 136 Å². The Morgan fingerprint density at radius 1 is 1.00 bits per heavy atom. The van der Waals surface area contributed by atoms with Crippen LogP contribution in [0.1, 0.15) is 18.4 Å². The molecule has 120 valence electrons. The number of carbonyl (C=O) groups is 1. The standard InChI is InChI=1S/C19H22N2O2/c20-19(22)21-13-18-11-10-17(23-18)12-14-6-8-16(9-7-14)15-4-2-1-3-5-15/h1-9,17-18H,10-13H2,(H3,20,21,22)/t17-,18-/m0/s1. The van der Waals surface area contributed by atoms with Crippen LogP contribution in [0.15, 0.2) is 54.6 Å². The normalized spacial score (nSPS) is 20.3. The molecule has 0 aromatic heterocycles. The fourth-order valence-electron chi connectivity index (χ4n) is 3.02. The molecular weight excluding hydrogens is 288 g/mol. The molecule has 0 aliphatic carbocycles. The first-order valence-corrected chi connectivity index (χ1v) is 8.04. The molecule has 0 bridgehead atoms. The molecule has 2 amide bonds. The first kappa shape index (κ1) is 15.6. The van der Waals surface area contributed by atoms with Crippen LogP contribution in [0, 0.1) is 0 Å². The lowest BCUT2D eigenvalue weighted by atomic mass is 10.0. The maximum Gasteiger partial charge on any atom is 0.312 e. The number of primary amides is 1. The zero-order valence-corrected chi connectivity index (χ0v) is 13.1. The molecule has 1 aliphatic heterocycles. The van der Waals surface area contributed by atoms with Crippen molar-refractivity contribution in [3.05, 3.63) is 60.2 Å². The number of hydrogen-bond acceptors (Lipinski definition) is 2. The average Bonchev–Trinajstić information content (AvgIpc) is 3.02. The summed E-state index contributed by atoms with van der Waals surface area (Å²) in [5.74, 6) is 0. The third-order valence-electron chi connectivity index (χ3n) is 4.22. The highest BCUT2D eigenvalue weighted by Gasteiger charge is 2.25. The SMILES string of the molecule is NC(=O)NC[C@@H]1CC[C@@H](Cc2ccc(-c3ccccc3)cc2)O1. The summed E-state index contributed by atoms with van der Waals surface area (Å²) in [5, 5.41) is 2.61. The van der Waals surface area contributed by atoms with Gasteiger partial charge >= 0.3 is 6.03 Å². The van der Waals surface area contributed by atoms with Gasteiger partial charge < -0.3 is 15.8 Å². The number of urea groups is 1. The van der Waals surface area contributed by atoms with Gasteiger partial charge in [0.2, 0.25) is 0 Å². The van der Waals surface area contributed by atoms with E-state index < -0.39 is 6.03 Å². The van der Waals surface area contributed by atoms with Crippen LogP contribution in [0.3, 0.4) is 0 Å². The zero-order chi connectivity index (χ0) is 16.1. The van der Waals surface area contributed by atoms with Crippen LogP contribution in [0.25, 0.3) is 11.1 Å². The monoisotopic (exact) mass is 310 g/mol. The summed E-state index contributed by atoms with van der Waals surface area (Å²) in [6.07, 6.45) is 3.19. The van der Waals surface area contributed by atoms with Gasteiger partial charge in [-0.05, 0) is 36.0 Å². The smallest absolute Gasteiger partial charge is 0.312 e. The largest absolute Gasteiger partial charge is 0.373 e. The maximum atomic E-state index is 10.7. The highest BCUT2D eigenvalue weighted by Crippen LogP contribution is 2.24. The molecule has 0 saturated carbocycles. The van der Waals surface area contributed by atoms with E-state index in [9.17, 15) is 4.79 Å². The maximum absolute atomic E-state index is 10.7. The van der Waals surface area contributed by atoms with Crippen molar-refractivity contribution in [3.63, 3.8) is 0 Å². The lowest BCUT2D eigenvalue weighted by Crippen LogP contribution is -2.36. The average molecular weight is 310 g/mol. The van der Waals surface area contributed by atoms with E-state index in [1.165, 1.54) is 16.7 Å². The van der Waals surface area contributed by atoms with Gasteiger partial charge in [0.05, 0.1) is 12.2 Å². The molecule has 0 radical (unpaired) electrons. The topological polar surface area (TPSA) is 64.4 Å². The van der Waals surface area contributed by atoms with Crippen molar-refractivity contribution in [2.24, 2.45) is 5.73 Å². The summed E-state index contributed by atoms with van der Waals surface area (Å²) in [7, 11) is 0. The number of hydrogen-bond donors (Lipinski definition) is 2. The molecular formula is C19H22N2O2. The van der Waals surface area contributed by atoms with Gasteiger partial charge in [-0.15, -0.1) is 0 Å². The second-order valence-electron chi connectivity index (χ2n) is 5.97. The van der Waals surface area contributed by atoms with E-state index >= 15 is 0 Å². The van der Waals surface area contributed by atoms with Crippen LogP contribution < -0.4 is 11.1 Å². The van der Waals surface area contributed by atoms with E-state index in [0.717, 1.165) is 19.3 Å².